The van der Waals surface area contributed by atoms with Gasteiger partial charge in [-0.05, 0) is 36.6 Å². The summed E-state index contributed by atoms with van der Waals surface area (Å²) in [5.74, 6) is -2.77. The Bertz CT molecular complexity index is 1370. The Morgan fingerprint density at radius 3 is 2.35 bits per heavy atom. The molecule has 0 unspecified atom stereocenters. The normalized spacial score (nSPS) is 24.8. The first kappa shape index (κ1) is 25.0. The van der Waals surface area contributed by atoms with Gasteiger partial charge in [0.25, 0.3) is 0 Å². The van der Waals surface area contributed by atoms with Crippen molar-refractivity contribution in [3.05, 3.63) is 82.7 Å². The molecule has 1 aromatic heterocycles. The van der Waals surface area contributed by atoms with Crippen molar-refractivity contribution < 1.29 is 23.9 Å². The number of fused-ring (bicyclic) bond motifs is 1. The summed E-state index contributed by atoms with van der Waals surface area (Å²) in [5.41, 5.74) is 1.90. The Morgan fingerprint density at radius 2 is 1.76 bits per heavy atom. The average Bonchev–Trinajstić information content (AvgIpc) is 3.59. The van der Waals surface area contributed by atoms with Gasteiger partial charge in [-0.25, -0.2) is 0 Å². The van der Waals surface area contributed by atoms with Gasteiger partial charge in [0.1, 0.15) is 5.54 Å². The second kappa shape index (κ2) is 9.68. The molecule has 2 saturated heterocycles. The molecule has 0 aliphatic carbocycles. The Hall–Kier alpha value is -3.62. The molecule has 3 heterocycles. The van der Waals surface area contributed by atoms with Crippen molar-refractivity contribution in [1.82, 2.24) is 10.2 Å². The second-order valence-electron chi connectivity index (χ2n) is 9.55. The highest BCUT2D eigenvalue weighted by Gasteiger charge is 2.68. The number of nitrogens with one attached hydrogen (secondary N) is 1. The van der Waals surface area contributed by atoms with E-state index in [1.165, 1.54) is 23.3 Å². The highest BCUT2D eigenvalue weighted by molar-refractivity contribution is 7.13. The number of amides is 2. The highest BCUT2D eigenvalue weighted by Crippen LogP contribution is 2.50. The van der Waals surface area contributed by atoms with Crippen LogP contribution in [0.5, 0.6) is 0 Å². The number of Topliss-reactive ketones (excluding diaryl/α,β-unsaturated/α-hetero) is 1. The maximum absolute atomic E-state index is 13.6. The molecule has 4 atom stereocenters. The monoisotopic (exact) mass is 516 g/mol. The van der Waals surface area contributed by atoms with Crippen molar-refractivity contribution in [2.75, 3.05) is 13.7 Å². The molecule has 0 saturated carbocycles. The number of benzene rings is 2. The van der Waals surface area contributed by atoms with E-state index in [0.717, 1.165) is 21.6 Å². The third kappa shape index (κ3) is 4.10. The third-order valence-electron chi connectivity index (χ3n) is 7.50. The predicted octanol–water partition coefficient (Wildman–Crippen LogP) is 4.04. The Labute approximate surface area is 219 Å². The van der Waals surface area contributed by atoms with E-state index < -0.39 is 29.4 Å². The van der Waals surface area contributed by atoms with E-state index in [2.05, 4.69) is 5.32 Å². The molecule has 0 radical (unpaired) electrons. The van der Waals surface area contributed by atoms with E-state index in [9.17, 15) is 19.2 Å². The fourth-order valence-corrected chi connectivity index (χ4v) is 6.67. The number of hydrogen-bond acceptors (Lipinski definition) is 7. The quantitative estimate of drug-likeness (QED) is 0.290. The molecule has 0 spiro atoms. The van der Waals surface area contributed by atoms with Gasteiger partial charge in [0, 0.05) is 34.8 Å². The van der Waals surface area contributed by atoms with Gasteiger partial charge in [0.05, 0.1) is 18.9 Å². The average molecular weight is 517 g/mol. The van der Waals surface area contributed by atoms with Gasteiger partial charge in [-0.1, -0.05) is 54.6 Å². The Balaban J connectivity index is 1.56. The second-order valence-corrected chi connectivity index (χ2v) is 10.5. The Kier molecular flexibility index (Phi) is 6.56. The largest absolute Gasteiger partial charge is 0.468 e. The van der Waals surface area contributed by atoms with Gasteiger partial charge in [-0.3, -0.25) is 29.4 Å². The number of carbonyl (C=O) groups excluding carboxylic acids is 4. The zero-order valence-electron chi connectivity index (χ0n) is 20.9. The lowest BCUT2D eigenvalue weighted by Crippen LogP contribution is -2.57. The van der Waals surface area contributed by atoms with Crippen LogP contribution in [0.2, 0.25) is 0 Å². The smallest absolute Gasteiger partial charge is 0.327 e. The van der Waals surface area contributed by atoms with Crippen molar-refractivity contribution in [3.8, 4) is 10.4 Å². The first-order chi connectivity index (χ1) is 17.8. The first-order valence-corrected chi connectivity index (χ1v) is 13.1. The summed E-state index contributed by atoms with van der Waals surface area (Å²) in [6, 6.07) is 18.5. The fourth-order valence-electron chi connectivity index (χ4n) is 5.71. The summed E-state index contributed by atoms with van der Waals surface area (Å²) in [6.45, 7) is 3.55. The number of nitrogens with zero attached hydrogens (tertiary/aromatic N) is 1. The van der Waals surface area contributed by atoms with Crippen LogP contribution in [-0.4, -0.2) is 47.7 Å². The number of imide groups is 1. The lowest BCUT2D eigenvalue weighted by atomic mass is 9.76. The number of rotatable bonds is 7. The van der Waals surface area contributed by atoms with E-state index >= 15 is 0 Å². The predicted molar refractivity (Wildman–Crippen MR) is 140 cm³/mol. The maximum atomic E-state index is 13.6. The van der Waals surface area contributed by atoms with Crippen molar-refractivity contribution in [3.63, 3.8) is 0 Å². The highest BCUT2D eigenvalue weighted by atomic mass is 32.1. The summed E-state index contributed by atoms with van der Waals surface area (Å²) in [5, 5.41) is 5.26. The van der Waals surface area contributed by atoms with Crippen LogP contribution in [0.4, 0.5) is 0 Å². The van der Waals surface area contributed by atoms with E-state index in [1.807, 2.05) is 66.0 Å². The third-order valence-corrected chi connectivity index (χ3v) is 8.48. The molecule has 0 bridgehead atoms. The van der Waals surface area contributed by atoms with Crippen LogP contribution < -0.4 is 5.32 Å². The number of ketones is 1. The molecule has 3 aromatic rings. The first-order valence-electron chi connectivity index (χ1n) is 12.3. The minimum atomic E-state index is -1.38. The number of carbonyl (C=O) groups is 4. The number of likely N-dealkylation sites (tertiary alicyclic amines) is 1. The molecule has 1 N–H and O–H groups in total. The number of methoxy groups -OCH3 is 1. The van der Waals surface area contributed by atoms with Gasteiger partial charge in [0.2, 0.25) is 11.8 Å². The molecule has 8 heteroatoms. The van der Waals surface area contributed by atoms with E-state index in [0.29, 0.717) is 5.56 Å². The molecule has 2 fully saturated rings. The van der Waals surface area contributed by atoms with Gasteiger partial charge < -0.3 is 4.74 Å². The lowest BCUT2D eigenvalue weighted by Gasteiger charge is -2.32. The van der Waals surface area contributed by atoms with Crippen molar-refractivity contribution in [2.45, 2.75) is 31.8 Å². The zero-order valence-corrected chi connectivity index (χ0v) is 21.7. The fraction of sp³-hybridized carbons (Fsp3) is 0.310. The van der Waals surface area contributed by atoms with E-state index in [4.69, 9.17) is 4.74 Å². The number of hydrogen-bond donors (Lipinski definition) is 1. The molecular formula is C29H28N2O5S. The van der Waals surface area contributed by atoms with Crippen LogP contribution in [0.1, 0.15) is 41.4 Å². The van der Waals surface area contributed by atoms with Crippen LogP contribution in [0.25, 0.3) is 10.4 Å². The molecular weight excluding hydrogens is 488 g/mol. The molecule has 7 nitrogen and oxygen atoms in total. The van der Waals surface area contributed by atoms with Crippen molar-refractivity contribution in [1.29, 1.82) is 0 Å². The Morgan fingerprint density at radius 1 is 1.05 bits per heavy atom. The van der Waals surface area contributed by atoms with Gasteiger partial charge in [-0.15, -0.1) is 11.3 Å². The summed E-state index contributed by atoms with van der Waals surface area (Å²) < 4.78 is 5.24. The molecule has 2 amide bonds. The summed E-state index contributed by atoms with van der Waals surface area (Å²) in [6.07, 6.45) is 0.218. The minimum absolute atomic E-state index is 0.0165. The van der Waals surface area contributed by atoms with Gasteiger partial charge >= 0.3 is 5.97 Å². The number of thiophene rings is 1. The van der Waals surface area contributed by atoms with Crippen LogP contribution in [0, 0.1) is 11.8 Å². The molecule has 2 aliphatic heterocycles. The molecule has 2 aromatic carbocycles. The minimum Gasteiger partial charge on any atom is -0.468 e. The van der Waals surface area contributed by atoms with Crippen LogP contribution in [0.3, 0.4) is 0 Å². The molecule has 190 valence electrons. The summed E-state index contributed by atoms with van der Waals surface area (Å²) >= 11 is 1.49. The zero-order chi connectivity index (χ0) is 26.3. The SMILES string of the molecule is CCN1C(=O)[C@H]2[C@@H](c3ccc(-c4cc(C(C)=O)cs4)cc3)N[C@@](Cc3ccccc3)(C(=O)OC)[C@H]2C1=O. The lowest BCUT2D eigenvalue weighted by molar-refractivity contribution is -0.154. The maximum Gasteiger partial charge on any atom is 0.327 e. The van der Waals surface area contributed by atoms with Gasteiger partial charge in [0.15, 0.2) is 5.78 Å². The summed E-state index contributed by atoms with van der Waals surface area (Å²) in [4.78, 5) is 54.4. The van der Waals surface area contributed by atoms with Crippen LogP contribution >= 0.6 is 11.3 Å². The number of esters is 1. The van der Waals surface area contributed by atoms with Crippen LogP contribution in [-0.2, 0) is 25.5 Å². The molecule has 2 aliphatic rings. The standard InChI is InChI=1S/C29H28N2O5S/c1-4-31-26(33)23-24(27(31)34)29(28(35)36-3,15-18-8-6-5-7-9-18)30-25(23)20-12-10-19(11-13-20)22-14-21(16-37-22)17(2)32/h5-14,16,23-25,30H,4,15H2,1-3H3/t23-,24-,25-,29-/m1/s1. The molecule has 5 rings (SSSR count). The van der Waals surface area contributed by atoms with E-state index in [-0.39, 0.29) is 30.6 Å². The van der Waals surface area contributed by atoms with E-state index in [1.54, 1.807) is 13.8 Å². The molecule has 37 heavy (non-hydrogen) atoms. The van der Waals surface area contributed by atoms with Gasteiger partial charge in [-0.2, -0.15) is 0 Å². The summed E-state index contributed by atoms with van der Waals surface area (Å²) in [7, 11) is 1.31. The van der Waals surface area contributed by atoms with Crippen molar-refractivity contribution in [2.24, 2.45) is 11.8 Å². The van der Waals surface area contributed by atoms with Crippen molar-refractivity contribution >= 4 is 34.9 Å². The topological polar surface area (TPSA) is 92.8 Å². The van der Waals surface area contributed by atoms with Crippen LogP contribution in [0.15, 0.2) is 66.0 Å². The number of ether oxygens (including phenoxy) is 1.